The Bertz CT molecular complexity index is 418. The van der Waals surface area contributed by atoms with E-state index >= 15 is 0 Å². The van der Waals surface area contributed by atoms with Gasteiger partial charge in [-0.1, -0.05) is 35.2 Å². The molecular weight excluding hydrogens is 300 g/mol. The molecule has 18 heavy (non-hydrogen) atoms. The molecule has 1 aliphatic carbocycles. The van der Waals surface area contributed by atoms with Gasteiger partial charge in [0.05, 0.1) is 0 Å². The fourth-order valence-electron chi connectivity index (χ4n) is 2.84. The van der Waals surface area contributed by atoms with E-state index in [9.17, 15) is 14.4 Å². The lowest BCUT2D eigenvalue weighted by Gasteiger charge is -2.47. The van der Waals surface area contributed by atoms with E-state index in [-0.39, 0.29) is 0 Å². The standard InChI is InChI=1S/C12H17BrN2O3/c1-11(12(13)6-4-3-5-7-12)8(16)14-10(18)15(2)9(11)17/h3-7H2,1-2H3,(H,14,16,18)/t11-/m1/s1. The van der Waals surface area contributed by atoms with Gasteiger partial charge in [-0.2, -0.15) is 0 Å². The minimum absolute atomic E-state index is 0.421. The summed E-state index contributed by atoms with van der Waals surface area (Å²) in [5, 5.41) is 2.27. The number of carbonyl (C=O) groups is 3. The van der Waals surface area contributed by atoms with Gasteiger partial charge < -0.3 is 0 Å². The topological polar surface area (TPSA) is 66.5 Å². The van der Waals surface area contributed by atoms with Gasteiger partial charge in [0.1, 0.15) is 5.41 Å². The fourth-order valence-corrected chi connectivity index (χ4v) is 3.75. The van der Waals surface area contributed by atoms with Crippen molar-refractivity contribution in [2.45, 2.75) is 43.4 Å². The van der Waals surface area contributed by atoms with Crippen LogP contribution >= 0.6 is 15.9 Å². The van der Waals surface area contributed by atoms with Crippen LogP contribution in [0.3, 0.4) is 0 Å². The minimum atomic E-state index is -1.21. The molecule has 100 valence electrons. The summed E-state index contributed by atoms with van der Waals surface area (Å²) in [5.41, 5.74) is -1.21. The highest BCUT2D eigenvalue weighted by atomic mass is 79.9. The molecule has 1 aliphatic heterocycles. The zero-order chi connectivity index (χ0) is 13.6. The number of halogens is 1. The summed E-state index contributed by atoms with van der Waals surface area (Å²) in [7, 11) is 1.40. The third kappa shape index (κ3) is 1.69. The van der Waals surface area contributed by atoms with E-state index in [1.165, 1.54) is 7.05 Å². The van der Waals surface area contributed by atoms with E-state index < -0.39 is 27.6 Å². The third-order valence-electron chi connectivity index (χ3n) is 4.25. The molecule has 0 aromatic carbocycles. The lowest BCUT2D eigenvalue weighted by atomic mass is 9.67. The van der Waals surface area contributed by atoms with Gasteiger partial charge in [0, 0.05) is 11.4 Å². The van der Waals surface area contributed by atoms with Crippen LogP contribution in [-0.2, 0) is 9.59 Å². The SMILES string of the molecule is CN1C(=O)NC(=O)[C@@](C)(C2(Br)CCCCC2)C1=O. The molecule has 0 aromatic rings. The van der Waals surface area contributed by atoms with Crippen molar-refractivity contribution in [1.82, 2.24) is 10.2 Å². The van der Waals surface area contributed by atoms with Crippen LogP contribution in [0.5, 0.6) is 0 Å². The first-order valence-electron chi connectivity index (χ1n) is 6.15. The molecule has 2 rings (SSSR count). The highest BCUT2D eigenvalue weighted by Gasteiger charge is 2.61. The van der Waals surface area contributed by atoms with E-state index in [0.29, 0.717) is 0 Å². The number of nitrogens with one attached hydrogen (secondary N) is 1. The van der Waals surface area contributed by atoms with Crippen molar-refractivity contribution in [2.75, 3.05) is 7.05 Å². The number of urea groups is 1. The van der Waals surface area contributed by atoms with Crippen LogP contribution in [0.1, 0.15) is 39.0 Å². The number of alkyl halides is 1. The second-order valence-corrected chi connectivity index (χ2v) is 6.79. The number of hydrogen-bond acceptors (Lipinski definition) is 3. The molecule has 0 aromatic heterocycles. The van der Waals surface area contributed by atoms with Crippen molar-refractivity contribution in [3.05, 3.63) is 0 Å². The zero-order valence-corrected chi connectivity index (χ0v) is 12.2. The van der Waals surface area contributed by atoms with Crippen LogP contribution in [0, 0.1) is 5.41 Å². The molecule has 5 nitrogen and oxygen atoms in total. The molecule has 0 radical (unpaired) electrons. The van der Waals surface area contributed by atoms with Crippen molar-refractivity contribution in [3.63, 3.8) is 0 Å². The van der Waals surface area contributed by atoms with Crippen molar-refractivity contribution >= 4 is 33.8 Å². The highest BCUT2D eigenvalue weighted by molar-refractivity contribution is 9.10. The number of carbonyl (C=O) groups excluding carboxylic acids is 3. The van der Waals surface area contributed by atoms with Gasteiger partial charge in [-0.05, 0) is 19.8 Å². The Balaban J connectivity index is 2.41. The summed E-state index contributed by atoms with van der Waals surface area (Å²) in [5.74, 6) is -0.913. The number of amides is 4. The van der Waals surface area contributed by atoms with E-state index in [4.69, 9.17) is 0 Å². The summed E-state index contributed by atoms with van der Waals surface area (Å²) in [6.45, 7) is 1.63. The Morgan fingerprint density at radius 2 is 1.72 bits per heavy atom. The van der Waals surface area contributed by atoms with E-state index in [2.05, 4.69) is 21.2 Å². The van der Waals surface area contributed by atoms with E-state index in [1.54, 1.807) is 6.92 Å². The lowest BCUT2D eigenvalue weighted by molar-refractivity contribution is -0.152. The summed E-state index contributed by atoms with van der Waals surface area (Å²) >= 11 is 3.62. The molecule has 1 heterocycles. The minimum Gasteiger partial charge on any atom is -0.277 e. The lowest BCUT2D eigenvalue weighted by Crippen LogP contribution is -2.68. The monoisotopic (exact) mass is 316 g/mol. The van der Waals surface area contributed by atoms with Crippen molar-refractivity contribution in [2.24, 2.45) is 5.41 Å². The average molecular weight is 317 g/mol. The number of nitrogens with zero attached hydrogens (tertiary/aromatic N) is 1. The molecule has 0 unspecified atom stereocenters. The maximum Gasteiger partial charge on any atom is 0.330 e. The molecule has 2 fully saturated rings. The Morgan fingerprint density at radius 1 is 1.17 bits per heavy atom. The largest absolute Gasteiger partial charge is 0.330 e. The molecular formula is C12H17BrN2O3. The first kappa shape index (κ1) is 13.5. The van der Waals surface area contributed by atoms with Crippen LogP contribution in [-0.4, -0.2) is 34.1 Å². The van der Waals surface area contributed by atoms with Crippen LogP contribution in [0.2, 0.25) is 0 Å². The first-order valence-corrected chi connectivity index (χ1v) is 6.95. The maximum atomic E-state index is 12.4. The maximum absolute atomic E-state index is 12.4. The normalized spacial score (nSPS) is 32.4. The van der Waals surface area contributed by atoms with Gasteiger partial charge in [-0.3, -0.25) is 19.8 Å². The van der Waals surface area contributed by atoms with Crippen LogP contribution in [0.25, 0.3) is 0 Å². The zero-order valence-electron chi connectivity index (χ0n) is 10.6. The summed E-state index contributed by atoms with van der Waals surface area (Å²) in [6, 6.07) is -0.644. The number of rotatable bonds is 1. The fraction of sp³-hybridized carbons (Fsp3) is 0.750. The predicted molar refractivity (Wildman–Crippen MR) is 69.2 cm³/mol. The third-order valence-corrected chi connectivity index (χ3v) is 5.84. The van der Waals surface area contributed by atoms with Crippen LogP contribution in [0.15, 0.2) is 0 Å². The van der Waals surface area contributed by atoms with Crippen molar-refractivity contribution in [1.29, 1.82) is 0 Å². The van der Waals surface area contributed by atoms with E-state index in [1.807, 2.05) is 0 Å². The molecule has 0 bridgehead atoms. The van der Waals surface area contributed by atoms with Gasteiger partial charge in [0.2, 0.25) is 11.8 Å². The van der Waals surface area contributed by atoms with Gasteiger partial charge >= 0.3 is 6.03 Å². The van der Waals surface area contributed by atoms with E-state index in [0.717, 1.165) is 37.0 Å². The summed E-state index contributed by atoms with van der Waals surface area (Å²) in [4.78, 5) is 37.0. The summed E-state index contributed by atoms with van der Waals surface area (Å²) in [6.07, 6.45) is 4.63. The Labute approximate surface area is 114 Å². The average Bonchev–Trinajstić information content (AvgIpc) is 2.34. The molecule has 6 heteroatoms. The Hall–Kier alpha value is -0.910. The number of barbiturate groups is 1. The predicted octanol–water partition coefficient (Wildman–Crippen LogP) is 1.80. The van der Waals surface area contributed by atoms with Gasteiger partial charge in [0.25, 0.3) is 0 Å². The molecule has 0 spiro atoms. The molecule has 4 amide bonds. The molecule has 1 saturated carbocycles. The van der Waals surface area contributed by atoms with Gasteiger partial charge in [-0.25, -0.2) is 4.79 Å². The van der Waals surface area contributed by atoms with Crippen LogP contribution in [0.4, 0.5) is 4.79 Å². The smallest absolute Gasteiger partial charge is 0.277 e. The van der Waals surface area contributed by atoms with Crippen molar-refractivity contribution in [3.8, 4) is 0 Å². The molecule has 1 atom stereocenters. The number of hydrogen-bond donors (Lipinski definition) is 1. The first-order chi connectivity index (χ1) is 8.33. The van der Waals surface area contributed by atoms with Gasteiger partial charge in [0.15, 0.2) is 0 Å². The molecule has 1 saturated heterocycles. The second-order valence-electron chi connectivity index (χ2n) is 5.27. The van der Waals surface area contributed by atoms with Crippen molar-refractivity contribution < 1.29 is 14.4 Å². The molecule has 2 aliphatic rings. The molecule has 1 N–H and O–H groups in total. The quantitative estimate of drug-likeness (QED) is 0.592. The van der Waals surface area contributed by atoms with Gasteiger partial charge in [-0.15, -0.1) is 0 Å². The summed E-state index contributed by atoms with van der Waals surface area (Å²) < 4.78 is -0.547. The number of imide groups is 2. The highest BCUT2D eigenvalue weighted by Crippen LogP contribution is 2.50. The second kappa shape index (κ2) is 4.33. The van der Waals surface area contributed by atoms with Crippen LogP contribution < -0.4 is 5.32 Å². The Kier molecular flexibility index (Phi) is 3.25. The Morgan fingerprint density at radius 3 is 2.28 bits per heavy atom.